The number of nitrogens with zero attached hydrogens (tertiary/aromatic N) is 4. The van der Waals surface area contributed by atoms with E-state index in [2.05, 4.69) is 26.8 Å². The summed E-state index contributed by atoms with van der Waals surface area (Å²) < 4.78 is 7.75. The summed E-state index contributed by atoms with van der Waals surface area (Å²) in [5.74, 6) is 0.454. The molecule has 0 bridgehead atoms. The molecule has 1 amide bonds. The van der Waals surface area contributed by atoms with Gasteiger partial charge in [0, 0.05) is 22.9 Å². The minimum atomic E-state index is -0.167. The Balaban J connectivity index is 1.62. The number of fused-ring (bicyclic) bond motifs is 2. The van der Waals surface area contributed by atoms with Crippen molar-refractivity contribution in [2.24, 2.45) is 0 Å². The maximum absolute atomic E-state index is 12.8. The van der Waals surface area contributed by atoms with Gasteiger partial charge in [-0.1, -0.05) is 69.3 Å². The van der Waals surface area contributed by atoms with Gasteiger partial charge in [0.15, 0.2) is 12.3 Å². The van der Waals surface area contributed by atoms with E-state index in [0.29, 0.717) is 19.0 Å². The molecule has 3 heterocycles. The van der Waals surface area contributed by atoms with Gasteiger partial charge in [-0.15, -0.1) is 0 Å². The Morgan fingerprint density at radius 2 is 1.69 bits per heavy atom. The van der Waals surface area contributed by atoms with Crippen molar-refractivity contribution >= 4 is 16.9 Å². The van der Waals surface area contributed by atoms with E-state index in [0.717, 1.165) is 33.5 Å². The van der Waals surface area contributed by atoms with Gasteiger partial charge in [-0.25, -0.2) is 4.68 Å². The van der Waals surface area contributed by atoms with Crippen molar-refractivity contribution in [3.05, 3.63) is 83.6 Å². The molecule has 162 valence electrons. The number of ether oxygens (including phenoxy) is 1. The fourth-order valence-corrected chi connectivity index (χ4v) is 4.07. The standard InChI is InChI=1S/C26H26N4O2/c1-26(2,3)23-21-14-19-16-29(15-18-10-6-4-7-11-18)22(31)17-32-25(19)27-24(21)30(28-23)20-12-8-5-9-13-20/h4-14H,15-17H2,1-3H3. The van der Waals surface area contributed by atoms with Crippen LogP contribution in [0.3, 0.4) is 0 Å². The topological polar surface area (TPSA) is 60.2 Å². The summed E-state index contributed by atoms with van der Waals surface area (Å²) >= 11 is 0. The molecule has 5 rings (SSSR count). The highest BCUT2D eigenvalue weighted by atomic mass is 16.5. The molecule has 0 spiro atoms. The largest absolute Gasteiger partial charge is 0.467 e. The summed E-state index contributed by atoms with van der Waals surface area (Å²) in [5.41, 5.74) is 4.47. The maximum atomic E-state index is 12.8. The molecule has 0 radical (unpaired) electrons. The predicted octanol–water partition coefficient (Wildman–Crippen LogP) is 4.64. The van der Waals surface area contributed by atoms with Crippen molar-refractivity contribution in [1.29, 1.82) is 0 Å². The molecule has 1 aliphatic rings. The molecule has 6 heteroatoms. The van der Waals surface area contributed by atoms with Gasteiger partial charge in [-0.2, -0.15) is 10.1 Å². The smallest absolute Gasteiger partial charge is 0.261 e. The Morgan fingerprint density at radius 1 is 1.00 bits per heavy atom. The Kier molecular flexibility index (Phi) is 4.93. The van der Waals surface area contributed by atoms with Gasteiger partial charge >= 0.3 is 0 Å². The number of hydrogen-bond acceptors (Lipinski definition) is 4. The lowest BCUT2D eigenvalue weighted by Crippen LogP contribution is -2.31. The maximum Gasteiger partial charge on any atom is 0.261 e. The lowest BCUT2D eigenvalue weighted by molar-refractivity contribution is -0.133. The van der Waals surface area contributed by atoms with Crippen LogP contribution in [0.1, 0.15) is 37.6 Å². The summed E-state index contributed by atoms with van der Waals surface area (Å²) in [5, 5.41) is 5.93. The molecule has 6 nitrogen and oxygen atoms in total. The number of benzene rings is 2. The molecule has 0 N–H and O–H groups in total. The molecular formula is C26H26N4O2. The van der Waals surface area contributed by atoms with E-state index in [1.165, 1.54) is 0 Å². The number of hydrogen-bond donors (Lipinski definition) is 0. The Bertz CT molecular complexity index is 1270. The molecule has 0 saturated carbocycles. The normalized spacial score (nSPS) is 14.2. The van der Waals surface area contributed by atoms with Crippen LogP contribution in [0.5, 0.6) is 5.88 Å². The first kappa shape index (κ1) is 20.2. The van der Waals surface area contributed by atoms with Crippen molar-refractivity contribution in [3.63, 3.8) is 0 Å². The van der Waals surface area contributed by atoms with Gasteiger partial charge in [-0.05, 0) is 23.8 Å². The Morgan fingerprint density at radius 3 is 2.38 bits per heavy atom. The van der Waals surface area contributed by atoms with Gasteiger partial charge in [0.1, 0.15) is 0 Å². The van der Waals surface area contributed by atoms with Crippen LogP contribution in [0.4, 0.5) is 0 Å². The van der Waals surface area contributed by atoms with Gasteiger partial charge in [0.2, 0.25) is 5.88 Å². The number of pyridine rings is 1. The number of para-hydroxylation sites is 1. The van der Waals surface area contributed by atoms with Crippen molar-refractivity contribution < 1.29 is 9.53 Å². The molecule has 32 heavy (non-hydrogen) atoms. The average molecular weight is 427 g/mol. The Labute approximate surface area is 187 Å². The van der Waals surface area contributed by atoms with Crippen LogP contribution in [-0.2, 0) is 23.3 Å². The van der Waals surface area contributed by atoms with Crippen molar-refractivity contribution in [1.82, 2.24) is 19.7 Å². The van der Waals surface area contributed by atoms with Gasteiger partial charge in [-0.3, -0.25) is 4.79 Å². The van der Waals surface area contributed by atoms with Crippen molar-refractivity contribution in [2.75, 3.05) is 6.61 Å². The summed E-state index contributed by atoms with van der Waals surface area (Å²) in [6, 6.07) is 22.1. The Hall–Kier alpha value is -3.67. The summed E-state index contributed by atoms with van der Waals surface area (Å²) in [4.78, 5) is 19.5. The molecule has 2 aromatic carbocycles. The van der Waals surface area contributed by atoms with Gasteiger partial charge in [0.25, 0.3) is 5.91 Å². The van der Waals surface area contributed by atoms with Crippen LogP contribution in [0.15, 0.2) is 66.7 Å². The fraction of sp³-hybridized carbons (Fsp3) is 0.269. The summed E-state index contributed by atoms with van der Waals surface area (Å²) in [7, 11) is 0. The first-order chi connectivity index (χ1) is 15.4. The van der Waals surface area contributed by atoms with Crippen LogP contribution < -0.4 is 4.74 Å². The lowest BCUT2D eigenvalue weighted by atomic mass is 9.90. The average Bonchev–Trinajstić information content (AvgIpc) is 3.09. The second-order valence-corrected chi connectivity index (χ2v) is 9.19. The van der Waals surface area contributed by atoms with E-state index in [1.807, 2.05) is 70.2 Å². The predicted molar refractivity (Wildman–Crippen MR) is 124 cm³/mol. The molecule has 0 aliphatic carbocycles. The van der Waals surface area contributed by atoms with Crippen LogP contribution >= 0.6 is 0 Å². The summed E-state index contributed by atoms with van der Waals surface area (Å²) in [6.07, 6.45) is 0. The molecule has 0 atom stereocenters. The van der Waals surface area contributed by atoms with E-state index in [9.17, 15) is 4.79 Å². The number of amides is 1. The summed E-state index contributed by atoms with van der Waals surface area (Å²) in [6.45, 7) is 7.42. The van der Waals surface area contributed by atoms with Crippen LogP contribution in [-0.4, -0.2) is 32.2 Å². The number of carbonyl (C=O) groups is 1. The fourth-order valence-electron chi connectivity index (χ4n) is 4.07. The van der Waals surface area contributed by atoms with Crippen LogP contribution in [0, 0.1) is 0 Å². The van der Waals surface area contributed by atoms with E-state index >= 15 is 0 Å². The number of rotatable bonds is 3. The molecular weight excluding hydrogens is 400 g/mol. The highest BCUT2D eigenvalue weighted by molar-refractivity contribution is 5.84. The minimum Gasteiger partial charge on any atom is -0.467 e. The van der Waals surface area contributed by atoms with Crippen molar-refractivity contribution in [2.45, 2.75) is 39.3 Å². The van der Waals surface area contributed by atoms with Crippen LogP contribution in [0.25, 0.3) is 16.7 Å². The van der Waals surface area contributed by atoms with E-state index in [4.69, 9.17) is 14.8 Å². The van der Waals surface area contributed by atoms with Gasteiger partial charge < -0.3 is 9.64 Å². The van der Waals surface area contributed by atoms with Gasteiger partial charge in [0.05, 0.1) is 17.9 Å². The molecule has 1 aliphatic heterocycles. The molecule has 0 fully saturated rings. The van der Waals surface area contributed by atoms with E-state index in [-0.39, 0.29) is 17.9 Å². The first-order valence-corrected chi connectivity index (χ1v) is 10.8. The second kappa shape index (κ2) is 7.79. The molecule has 0 saturated heterocycles. The van der Waals surface area contributed by atoms with Crippen LogP contribution in [0.2, 0.25) is 0 Å². The number of aromatic nitrogens is 3. The van der Waals surface area contributed by atoms with E-state index in [1.54, 1.807) is 0 Å². The minimum absolute atomic E-state index is 0.0239. The monoisotopic (exact) mass is 426 g/mol. The SMILES string of the molecule is CC(C)(C)c1nn(-c2ccccc2)c2nc3c(cc12)CN(Cc1ccccc1)C(=O)CO3. The highest BCUT2D eigenvalue weighted by Gasteiger charge is 2.28. The first-order valence-electron chi connectivity index (χ1n) is 10.8. The molecule has 0 unspecified atom stereocenters. The zero-order chi connectivity index (χ0) is 22.3. The quantitative estimate of drug-likeness (QED) is 0.479. The molecule has 4 aromatic rings. The van der Waals surface area contributed by atoms with E-state index < -0.39 is 0 Å². The second-order valence-electron chi connectivity index (χ2n) is 9.19. The molecule has 2 aromatic heterocycles. The van der Waals surface area contributed by atoms with Crippen molar-refractivity contribution in [3.8, 4) is 11.6 Å². The third kappa shape index (κ3) is 3.73. The zero-order valence-electron chi connectivity index (χ0n) is 18.6. The number of carbonyl (C=O) groups excluding carboxylic acids is 1. The highest BCUT2D eigenvalue weighted by Crippen LogP contribution is 2.34. The third-order valence-corrected chi connectivity index (χ3v) is 5.67. The lowest BCUT2D eigenvalue weighted by Gasteiger charge is -2.20. The third-order valence-electron chi connectivity index (χ3n) is 5.67. The zero-order valence-corrected chi connectivity index (χ0v) is 18.6.